The fraction of sp³-hybridized carbons (Fsp3) is 0.0625. The molecule has 1 aromatic heterocycles. The lowest BCUT2D eigenvalue weighted by Gasteiger charge is -2.36. The maximum Gasteiger partial charge on any atom is 0.188 e. The summed E-state index contributed by atoms with van der Waals surface area (Å²) in [6, 6.07) is 93.0. The van der Waals surface area contributed by atoms with E-state index in [1.807, 2.05) is 0 Å². The first-order valence-corrected chi connectivity index (χ1v) is 28.8. The molecule has 346 valence electrons. The molecular weight excluding hydrogens is 921 g/mol. The van der Waals surface area contributed by atoms with Crippen molar-refractivity contribution in [2.75, 3.05) is 27.8 Å². The highest BCUT2D eigenvalue weighted by molar-refractivity contribution is 7.22. The Hall–Kier alpha value is -7.63. The maximum atomic E-state index is 7.11. The van der Waals surface area contributed by atoms with Crippen LogP contribution in [0.2, 0.25) is 0 Å². The van der Waals surface area contributed by atoms with Crippen molar-refractivity contribution in [3.05, 3.63) is 255 Å². The van der Waals surface area contributed by atoms with E-state index in [2.05, 4.69) is 255 Å². The second-order valence-corrected chi connectivity index (χ2v) is 26.3. The summed E-state index contributed by atoms with van der Waals surface area (Å²) < 4.78 is 25.9. The average Bonchev–Trinajstić information content (AvgIpc) is 3.93. The van der Waals surface area contributed by atoms with Crippen molar-refractivity contribution in [3.8, 4) is 32.4 Å². The van der Waals surface area contributed by atoms with Gasteiger partial charge in [0.25, 0.3) is 0 Å². The molecule has 0 bridgehead atoms. The van der Waals surface area contributed by atoms with Crippen LogP contribution < -0.4 is 51.0 Å². The fourth-order valence-electron chi connectivity index (χ4n) is 10.9. The van der Waals surface area contributed by atoms with Crippen LogP contribution in [0.4, 0.5) is 0 Å². The van der Waals surface area contributed by atoms with Crippen molar-refractivity contribution < 1.29 is 18.9 Å². The molecule has 0 fully saturated rings. The molecule has 11 aromatic rings. The predicted octanol–water partition coefficient (Wildman–Crippen LogP) is 10.1. The molecule has 0 radical (unpaired) electrons. The zero-order chi connectivity index (χ0) is 48.0. The summed E-state index contributed by atoms with van der Waals surface area (Å²) in [5.41, 5.74) is 2.07. The van der Waals surface area contributed by atoms with Gasteiger partial charge in [0.05, 0.1) is 0 Å². The molecular formula is C64H52O4SSi2. The number of hydrogen-bond acceptors (Lipinski definition) is 5. The van der Waals surface area contributed by atoms with E-state index in [1.54, 1.807) is 25.6 Å². The zero-order valence-electron chi connectivity index (χ0n) is 39.7. The van der Waals surface area contributed by atoms with Crippen LogP contribution in [-0.2, 0) is 9.47 Å². The topological polar surface area (TPSA) is 36.9 Å². The first kappa shape index (κ1) is 45.8. The molecule has 10 aromatic carbocycles. The summed E-state index contributed by atoms with van der Waals surface area (Å²) >= 11 is 1.77. The molecule has 1 heterocycles. The number of hydrogen-bond donors (Lipinski definition) is 0. The Morgan fingerprint density at radius 3 is 0.873 bits per heavy atom. The number of methoxy groups -OCH3 is 2. The molecule has 0 aliphatic heterocycles. The molecule has 0 amide bonds. The summed E-state index contributed by atoms with van der Waals surface area (Å²) in [5, 5.41) is 14.4. The molecule has 0 saturated carbocycles. The Balaban J connectivity index is 1.24. The second kappa shape index (κ2) is 20.4. The van der Waals surface area contributed by atoms with Crippen LogP contribution in [-0.4, -0.2) is 44.0 Å². The van der Waals surface area contributed by atoms with Gasteiger partial charge in [-0.05, 0) is 75.2 Å². The minimum absolute atomic E-state index is 0.0757. The third-order valence-corrected chi connectivity index (χ3v) is 24.5. The molecule has 0 aliphatic rings. The van der Waals surface area contributed by atoms with Gasteiger partial charge < -0.3 is 18.9 Å². The highest BCUT2D eigenvalue weighted by Crippen LogP contribution is 2.47. The SMILES string of the molecule is COCOc1c([Si](c2ccccc2)(c2ccccc2)c2ccccc2)cc2ccccc2c1-c1ccc(-c2c(OCOC)c([Si](c3ccccc3)(c3ccccc3)c3ccccc3)cc3ccccc23)s1. The zero-order valence-corrected chi connectivity index (χ0v) is 42.5. The van der Waals surface area contributed by atoms with Crippen LogP contribution >= 0.6 is 11.3 Å². The smallest absolute Gasteiger partial charge is 0.188 e. The van der Waals surface area contributed by atoms with E-state index in [4.69, 9.17) is 18.9 Å². The molecule has 0 atom stereocenters. The second-order valence-electron chi connectivity index (χ2n) is 17.7. The van der Waals surface area contributed by atoms with Gasteiger partial charge in [-0.2, -0.15) is 0 Å². The monoisotopic (exact) mass is 972 g/mol. The predicted molar refractivity (Wildman–Crippen MR) is 302 cm³/mol. The normalized spacial score (nSPS) is 11.7. The molecule has 0 saturated heterocycles. The van der Waals surface area contributed by atoms with Gasteiger partial charge in [0.2, 0.25) is 0 Å². The first-order chi connectivity index (χ1) is 35.2. The van der Waals surface area contributed by atoms with Gasteiger partial charge in [0.15, 0.2) is 29.7 Å². The third kappa shape index (κ3) is 8.12. The number of ether oxygens (including phenoxy) is 4. The highest BCUT2D eigenvalue weighted by Gasteiger charge is 2.46. The molecule has 7 heteroatoms. The van der Waals surface area contributed by atoms with E-state index in [0.29, 0.717) is 0 Å². The summed E-state index contributed by atoms with van der Waals surface area (Å²) in [6.45, 7) is 0.151. The summed E-state index contributed by atoms with van der Waals surface area (Å²) in [4.78, 5) is 2.15. The van der Waals surface area contributed by atoms with E-state index in [0.717, 1.165) is 64.3 Å². The van der Waals surface area contributed by atoms with E-state index in [-0.39, 0.29) is 13.6 Å². The number of fused-ring (bicyclic) bond motifs is 2. The molecule has 71 heavy (non-hydrogen) atoms. The van der Waals surface area contributed by atoms with Crippen LogP contribution in [0.15, 0.2) is 255 Å². The molecule has 0 aliphatic carbocycles. The van der Waals surface area contributed by atoms with Crippen molar-refractivity contribution in [2.24, 2.45) is 0 Å². The van der Waals surface area contributed by atoms with Crippen molar-refractivity contribution in [2.45, 2.75) is 0 Å². The minimum atomic E-state index is -3.12. The lowest BCUT2D eigenvalue weighted by molar-refractivity contribution is 0.0522. The third-order valence-electron chi connectivity index (χ3n) is 13.8. The first-order valence-electron chi connectivity index (χ1n) is 24.0. The quantitative estimate of drug-likeness (QED) is 0.0550. The minimum Gasteiger partial charge on any atom is -0.467 e. The van der Waals surface area contributed by atoms with E-state index in [9.17, 15) is 0 Å². The van der Waals surface area contributed by atoms with Crippen molar-refractivity contribution >= 4 is 90.5 Å². The lowest BCUT2D eigenvalue weighted by atomic mass is 10.0. The number of thiophene rings is 1. The Bertz CT molecular complexity index is 3130. The van der Waals surface area contributed by atoms with Gasteiger partial charge >= 0.3 is 0 Å². The average molecular weight is 973 g/mol. The molecule has 0 spiro atoms. The molecule has 0 N–H and O–H groups in total. The van der Waals surface area contributed by atoms with Crippen LogP contribution in [0.3, 0.4) is 0 Å². The Morgan fingerprint density at radius 2 is 0.592 bits per heavy atom. The maximum absolute atomic E-state index is 7.11. The van der Waals surface area contributed by atoms with Gasteiger partial charge in [-0.25, -0.2) is 0 Å². The number of benzene rings is 10. The summed E-state index contributed by atoms with van der Waals surface area (Å²) in [7, 11) is -2.85. The molecule has 0 unspecified atom stereocenters. The summed E-state index contributed by atoms with van der Waals surface area (Å²) in [6.07, 6.45) is 0. The van der Waals surface area contributed by atoms with Crippen LogP contribution in [0.5, 0.6) is 11.5 Å². The van der Waals surface area contributed by atoms with E-state index >= 15 is 0 Å². The lowest BCUT2D eigenvalue weighted by Crippen LogP contribution is -2.75. The standard InChI is InChI=1S/C64H52O4SSi2/c1-65-45-67-63-59(70(49-27-9-3-10-28-49,50-29-11-4-12-30-50)51-31-13-5-14-32-51)43-47-25-21-23-39-55(47)61(63)57-41-42-58(69-57)62-56-40-24-22-26-48(56)44-60(64(62)68-46-66-2)71(52-33-15-6-16-34-52,53-35-17-7-18-36-53)54-37-19-8-20-38-54/h3-44H,45-46H2,1-2H3. The van der Waals surface area contributed by atoms with Gasteiger partial charge in [-0.1, -0.05) is 243 Å². The van der Waals surface area contributed by atoms with Crippen LogP contribution in [0, 0.1) is 0 Å². The van der Waals surface area contributed by atoms with Gasteiger partial charge in [0, 0.05) is 35.1 Å². The van der Waals surface area contributed by atoms with Crippen LogP contribution in [0.25, 0.3) is 42.4 Å². The Labute approximate surface area is 422 Å². The highest BCUT2D eigenvalue weighted by atomic mass is 32.1. The van der Waals surface area contributed by atoms with E-state index in [1.165, 1.54) is 31.1 Å². The largest absolute Gasteiger partial charge is 0.467 e. The van der Waals surface area contributed by atoms with Crippen molar-refractivity contribution in [1.82, 2.24) is 0 Å². The van der Waals surface area contributed by atoms with Gasteiger partial charge in [-0.15, -0.1) is 11.3 Å². The van der Waals surface area contributed by atoms with Gasteiger partial charge in [-0.3, -0.25) is 0 Å². The molecule has 4 nitrogen and oxygen atoms in total. The van der Waals surface area contributed by atoms with E-state index < -0.39 is 16.1 Å². The van der Waals surface area contributed by atoms with Crippen molar-refractivity contribution in [1.29, 1.82) is 0 Å². The van der Waals surface area contributed by atoms with Crippen LogP contribution in [0.1, 0.15) is 0 Å². The molecule has 11 rings (SSSR count). The summed E-state index contributed by atoms with van der Waals surface area (Å²) in [5.74, 6) is 1.64. The Morgan fingerprint density at radius 1 is 0.324 bits per heavy atom. The van der Waals surface area contributed by atoms with Gasteiger partial charge in [0.1, 0.15) is 11.5 Å². The number of rotatable bonds is 16. The Kier molecular flexibility index (Phi) is 13.1. The van der Waals surface area contributed by atoms with Crippen molar-refractivity contribution in [3.63, 3.8) is 0 Å². The fourth-order valence-corrected chi connectivity index (χ4v) is 21.9.